The Kier molecular flexibility index (Phi) is 5.88. The van der Waals surface area contributed by atoms with E-state index >= 15 is 0 Å². The predicted octanol–water partition coefficient (Wildman–Crippen LogP) is 4.16. The zero-order chi connectivity index (χ0) is 21.9. The number of nitrogens with zero attached hydrogens (tertiary/aromatic N) is 3. The molecule has 4 aromatic rings. The van der Waals surface area contributed by atoms with Gasteiger partial charge in [0.15, 0.2) is 17.0 Å². The smallest absolute Gasteiger partial charge is 0.433 e. The lowest BCUT2D eigenvalue weighted by Crippen LogP contribution is -2.14. The number of carboxylic acids is 1. The molecule has 3 heterocycles. The maximum absolute atomic E-state index is 13.3. The fourth-order valence-electron chi connectivity index (χ4n) is 2.58. The molecule has 0 spiro atoms. The molecular formula is C20H17F3N4O3. The van der Waals surface area contributed by atoms with Crippen LogP contribution in [0, 0.1) is 6.92 Å². The Bertz CT molecular complexity index is 1150. The highest BCUT2D eigenvalue weighted by molar-refractivity contribution is 5.86. The van der Waals surface area contributed by atoms with Crippen LogP contribution in [-0.4, -0.2) is 25.7 Å². The molecule has 3 aromatic heterocycles. The van der Waals surface area contributed by atoms with Gasteiger partial charge in [0, 0.05) is 11.6 Å². The minimum absolute atomic E-state index is 0.0988. The third-order valence-corrected chi connectivity index (χ3v) is 4.07. The first kappa shape index (κ1) is 21.1. The molecule has 0 saturated carbocycles. The molecule has 30 heavy (non-hydrogen) atoms. The van der Waals surface area contributed by atoms with Crippen LogP contribution in [-0.2, 0) is 12.7 Å². The van der Waals surface area contributed by atoms with Gasteiger partial charge < -0.3 is 15.3 Å². The highest BCUT2D eigenvalue weighted by atomic mass is 19.4. The van der Waals surface area contributed by atoms with Crippen LogP contribution >= 0.6 is 0 Å². The summed E-state index contributed by atoms with van der Waals surface area (Å²) in [6.07, 6.45) is -3.08. The lowest BCUT2D eigenvalue weighted by atomic mass is 10.1. The molecule has 0 atom stereocenters. The predicted molar refractivity (Wildman–Crippen MR) is 102 cm³/mol. The Balaban J connectivity index is 0.000000310. The molecule has 0 unspecified atom stereocenters. The zero-order valence-electron chi connectivity index (χ0n) is 15.7. The summed E-state index contributed by atoms with van der Waals surface area (Å²) >= 11 is 0. The molecule has 0 amide bonds. The summed E-state index contributed by atoms with van der Waals surface area (Å²) in [7, 11) is 0. The number of hydrogen-bond acceptors (Lipinski definition) is 5. The monoisotopic (exact) mass is 418 g/mol. The van der Waals surface area contributed by atoms with E-state index < -0.39 is 23.5 Å². The zero-order valence-corrected chi connectivity index (χ0v) is 15.7. The van der Waals surface area contributed by atoms with E-state index in [1.807, 2.05) is 19.1 Å². The topological polar surface area (TPSA) is 107 Å². The van der Waals surface area contributed by atoms with Crippen molar-refractivity contribution in [2.45, 2.75) is 19.6 Å². The van der Waals surface area contributed by atoms with Gasteiger partial charge >= 0.3 is 12.1 Å². The maximum atomic E-state index is 13.3. The summed E-state index contributed by atoms with van der Waals surface area (Å²) in [6.45, 7) is 2.35. The summed E-state index contributed by atoms with van der Waals surface area (Å²) in [6, 6.07) is 12.4. The van der Waals surface area contributed by atoms with Gasteiger partial charge in [0.05, 0.1) is 18.5 Å². The summed E-state index contributed by atoms with van der Waals surface area (Å²) in [5.74, 6) is -0.583. The van der Waals surface area contributed by atoms with Crippen LogP contribution in [0.15, 0.2) is 59.2 Å². The van der Waals surface area contributed by atoms with Crippen LogP contribution in [0.4, 0.5) is 13.2 Å². The standard InChI is InChI=1S/C15H10F3N3O2.C5H7NO/c1-8-2-4-9(5-3-8)10-6-12(15(16,17)18)21-13(19-10)7-11(20-21)14(22)23;6-4-5-2-1-3-7-5/h2-7H,1H3,(H,22,23);1-3H,4,6H2. The van der Waals surface area contributed by atoms with Crippen molar-refractivity contribution in [3.8, 4) is 11.3 Å². The fraction of sp³-hybridized carbons (Fsp3) is 0.150. The van der Waals surface area contributed by atoms with E-state index in [1.165, 1.54) is 0 Å². The molecular weight excluding hydrogens is 401 g/mol. The highest BCUT2D eigenvalue weighted by Gasteiger charge is 2.35. The summed E-state index contributed by atoms with van der Waals surface area (Å²) in [4.78, 5) is 15.0. The molecule has 0 aliphatic carbocycles. The third kappa shape index (κ3) is 4.66. The molecule has 1 aromatic carbocycles. The summed E-state index contributed by atoms with van der Waals surface area (Å²) in [5, 5.41) is 12.4. The number of aromatic carboxylic acids is 1. The molecule has 10 heteroatoms. The van der Waals surface area contributed by atoms with Gasteiger partial charge in [-0.05, 0) is 25.1 Å². The van der Waals surface area contributed by atoms with Gasteiger partial charge in [-0.2, -0.15) is 18.3 Å². The highest BCUT2D eigenvalue weighted by Crippen LogP contribution is 2.32. The second-order valence-corrected chi connectivity index (χ2v) is 6.28. The van der Waals surface area contributed by atoms with Gasteiger partial charge in [-0.15, -0.1) is 0 Å². The molecule has 0 aliphatic rings. The van der Waals surface area contributed by atoms with Crippen molar-refractivity contribution in [2.24, 2.45) is 5.73 Å². The molecule has 3 N–H and O–H groups in total. The number of aromatic nitrogens is 3. The van der Waals surface area contributed by atoms with Crippen LogP contribution in [0.2, 0.25) is 0 Å². The second-order valence-electron chi connectivity index (χ2n) is 6.28. The van der Waals surface area contributed by atoms with Crippen LogP contribution in [0.25, 0.3) is 16.9 Å². The third-order valence-electron chi connectivity index (χ3n) is 4.07. The van der Waals surface area contributed by atoms with Crippen molar-refractivity contribution in [1.29, 1.82) is 0 Å². The summed E-state index contributed by atoms with van der Waals surface area (Å²) in [5.41, 5.74) is 5.01. The average molecular weight is 418 g/mol. The first-order chi connectivity index (χ1) is 14.2. The van der Waals surface area contributed by atoms with Crippen LogP contribution in [0.5, 0.6) is 0 Å². The Morgan fingerprint density at radius 3 is 2.40 bits per heavy atom. The van der Waals surface area contributed by atoms with Gasteiger partial charge in [0.1, 0.15) is 5.76 Å². The largest absolute Gasteiger partial charge is 0.476 e. The Morgan fingerprint density at radius 1 is 1.20 bits per heavy atom. The van der Waals surface area contributed by atoms with E-state index in [9.17, 15) is 18.0 Å². The molecule has 0 aliphatic heterocycles. The molecule has 7 nitrogen and oxygen atoms in total. The summed E-state index contributed by atoms with van der Waals surface area (Å²) < 4.78 is 45.1. The Morgan fingerprint density at radius 2 is 1.90 bits per heavy atom. The van der Waals surface area contributed by atoms with E-state index in [0.717, 1.165) is 23.5 Å². The molecule has 0 radical (unpaired) electrons. The first-order valence-corrected chi connectivity index (χ1v) is 8.70. The average Bonchev–Trinajstić information content (AvgIpc) is 3.37. The van der Waals surface area contributed by atoms with Gasteiger partial charge in [0.25, 0.3) is 0 Å². The van der Waals surface area contributed by atoms with Crippen molar-refractivity contribution in [3.63, 3.8) is 0 Å². The van der Waals surface area contributed by atoms with Gasteiger partial charge in [-0.1, -0.05) is 29.8 Å². The molecule has 0 fully saturated rings. The Hall–Kier alpha value is -3.66. The number of fused-ring (bicyclic) bond motifs is 1. The van der Waals surface area contributed by atoms with Crippen LogP contribution in [0.3, 0.4) is 0 Å². The molecule has 0 saturated heterocycles. The Labute approximate surface area is 168 Å². The normalized spacial score (nSPS) is 11.2. The van der Waals surface area contributed by atoms with Crippen molar-refractivity contribution in [3.05, 3.63) is 77.5 Å². The van der Waals surface area contributed by atoms with E-state index in [4.69, 9.17) is 15.3 Å². The van der Waals surface area contributed by atoms with Gasteiger partial charge in [0.2, 0.25) is 0 Å². The number of carbonyl (C=O) groups is 1. The number of furan rings is 1. The van der Waals surface area contributed by atoms with E-state index in [-0.39, 0.29) is 11.3 Å². The van der Waals surface area contributed by atoms with Gasteiger partial charge in [-0.3, -0.25) is 0 Å². The van der Waals surface area contributed by atoms with E-state index in [1.54, 1.807) is 30.5 Å². The number of rotatable bonds is 3. The van der Waals surface area contributed by atoms with Crippen LogP contribution < -0.4 is 5.73 Å². The number of carboxylic acid groups (broad SMARTS) is 1. The lowest BCUT2D eigenvalue weighted by molar-refractivity contribution is -0.142. The number of alkyl halides is 3. The molecule has 4 rings (SSSR count). The van der Waals surface area contributed by atoms with Crippen LogP contribution in [0.1, 0.15) is 27.5 Å². The van der Waals surface area contributed by atoms with Crippen molar-refractivity contribution in [2.75, 3.05) is 0 Å². The van der Waals surface area contributed by atoms with Crippen molar-refractivity contribution in [1.82, 2.24) is 14.6 Å². The van der Waals surface area contributed by atoms with Crippen molar-refractivity contribution >= 4 is 11.6 Å². The second kappa shape index (κ2) is 8.37. The number of nitrogens with two attached hydrogens (primary N) is 1. The first-order valence-electron chi connectivity index (χ1n) is 8.70. The number of hydrogen-bond donors (Lipinski definition) is 2. The lowest BCUT2D eigenvalue weighted by Gasteiger charge is -2.11. The SMILES string of the molecule is Cc1ccc(-c2cc(C(F)(F)F)n3nc(C(=O)O)cc3n2)cc1.NCc1ccco1. The fourth-order valence-corrected chi connectivity index (χ4v) is 2.58. The molecule has 156 valence electrons. The number of benzene rings is 1. The minimum atomic E-state index is -4.69. The molecule has 0 bridgehead atoms. The van der Waals surface area contributed by atoms with Gasteiger partial charge in [-0.25, -0.2) is 14.3 Å². The van der Waals surface area contributed by atoms with E-state index in [2.05, 4.69) is 10.1 Å². The van der Waals surface area contributed by atoms with E-state index in [0.29, 0.717) is 16.6 Å². The quantitative estimate of drug-likeness (QED) is 0.517. The maximum Gasteiger partial charge on any atom is 0.433 e. The number of halogens is 3. The minimum Gasteiger partial charge on any atom is -0.476 e. The number of aryl methyl sites for hydroxylation is 1. The van der Waals surface area contributed by atoms with Crippen molar-refractivity contribution < 1.29 is 27.5 Å².